The van der Waals surface area contributed by atoms with Crippen LogP contribution >= 0.6 is 0 Å². The zero-order valence-electron chi connectivity index (χ0n) is 18.4. The Bertz CT molecular complexity index is 1300. The molecule has 0 N–H and O–H groups in total. The summed E-state index contributed by atoms with van der Waals surface area (Å²) in [4.78, 5) is 22.0. The smallest absolute Gasteiger partial charge is 0.254 e. The van der Waals surface area contributed by atoms with Crippen LogP contribution in [0.25, 0.3) is 22.0 Å². The van der Waals surface area contributed by atoms with Crippen molar-refractivity contribution in [3.63, 3.8) is 0 Å². The first-order valence-electron chi connectivity index (χ1n) is 11.0. The lowest BCUT2D eigenvalue weighted by atomic mass is 10.0. The van der Waals surface area contributed by atoms with Gasteiger partial charge in [0.2, 0.25) is 0 Å². The molecule has 1 aliphatic rings. The van der Waals surface area contributed by atoms with E-state index in [0.717, 1.165) is 27.8 Å². The van der Waals surface area contributed by atoms with Crippen LogP contribution in [0.15, 0.2) is 78.9 Å². The second-order valence-electron chi connectivity index (χ2n) is 8.06. The number of aromatic nitrogens is 1. The van der Waals surface area contributed by atoms with Crippen molar-refractivity contribution in [2.24, 2.45) is 0 Å². The molecule has 0 unspecified atom stereocenters. The Hall–Kier alpha value is -3.93. The molecule has 1 fully saturated rings. The zero-order valence-corrected chi connectivity index (χ0v) is 18.4. The molecule has 0 radical (unpaired) electrons. The van der Waals surface area contributed by atoms with Gasteiger partial charge in [0.05, 0.1) is 12.6 Å². The molecular weight excluding hydrogens is 417 g/mol. The minimum absolute atomic E-state index is 0.0126. The molecule has 2 heterocycles. The minimum atomic E-state index is -0.256. The maximum absolute atomic E-state index is 13.4. The number of para-hydroxylation sites is 1. The number of pyridine rings is 1. The summed E-state index contributed by atoms with van der Waals surface area (Å²) < 4.78 is 18.6. The number of hydrogen-bond acceptors (Lipinski definition) is 4. The van der Waals surface area contributed by atoms with Crippen molar-refractivity contribution in [3.05, 3.63) is 90.2 Å². The fourth-order valence-corrected chi connectivity index (χ4v) is 4.25. The number of methoxy groups -OCH3 is 1. The molecule has 5 nitrogen and oxygen atoms in total. The second kappa shape index (κ2) is 8.90. The predicted molar refractivity (Wildman–Crippen MR) is 128 cm³/mol. The van der Waals surface area contributed by atoms with Gasteiger partial charge in [0.25, 0.3) is 5.91 Å². The molecule has 0 aliphatic carbocycles. The third-order valence-electron chi connectivity index (χ3n) is 6.07. The number of rotatable bonds is 4. The molecule has 33 heavy (non-hydrogen) atoms. The van der Waals surface area contributed by atoms with Crippen molar-refractivity contribution < 1.29 is 13.9 Å². The summed E-state index contributed by atoms with van der Waals surface area (Å²) in [6, 6.07) is 23.9. The molecule has 166 valence electrons. The second-order valence-corrected chi connectivity index (χ2v) is 8.06. The van der Waals surface area contributed by atoms with E-state index in [2.05, 4.69) is 11.0 Å². The van der Waals surface area contributed by atoms with Gasteiger partial charge in [-0.05, 0) is 48.0 Å². The number of carbonyl (C=O) groups is 1. The minimum Gasteiger partial charge on any atom is -0.497 e. The van der Waals surface area contributed by atoms with Gasteiger partial charge in [-0.2, -0.15) is 0 Å². The summed E-state index contributed by atoms with van der Waals surface area (Å²) in [6.45, 7) is 2.64. The fourth-order valence-electron chi connectivity index (χ4n) is 4.25. The van der Waals surface area contributed by atoms with Crippen LogP contribution in [0.3, 0.4) is 0 Å². The third-order valence-corrected chi connectivity index (χ3v) is 6.07. The van der Waals surface area contributed by atoms with Crippen LogP contribution in [0.4, 0.5) is 10.2 Å². The van der Waals surface area contributed by atoms with Crippen molar-refractivity contribution in [1.29, 1.82) is 0 Å². The van der Waals surface area contributed by atoms with Crippen molar-refractivity contribution in [2.75, 3.05) is 38.2 Å². The van der Waals surface area contributed by atoms with E-state index in [1.807, 2.05) is 47.4 Å². The molecule has 0 spiro atoms. The van der Waals surface area contributed by atoms with E-state index in [4.69, 9.17) is 9.72 Å². The fraction of sp³-hybridized carbons (Fsp3) is 0.185. The predicted octanol–water partition coefficient (Wildman–Crippen LogP) is 5.01. The van der Waals surface area contributed by atoms with Gasteiger partial charge in [-0.25, -0.2) is 9.37 Å². The Morgan fingerprint density at radius 1 is 0.909 bits per heavy atom. The first-order valence-corrected chi connectivity index (χ1v) is 11.0. The lowest BCUT2D eigenvalue weighted by Crippen LogP contribution is -2.49. The number of nitrogens with zero attached hydrogens (tertiary/aromatic N) is 3. The molecule has 4 aromatic rings. The molecule has 0 bridgehead atoms. The summed E-state index contributed by atoms with van der Waals surface area (Å²) in [5.74, 6) is 1.31. The highest BCUT2D eigenvalue weighted by Crippen LogP contribution is 2.29. The molecule has 1 aromatic heterocycles. The van der Waals surface area contributed by atoms with Crippen molar-refractivity contribution in [1.82, 2.24) is 9.88 Å². The Labute approximate surface area is 192 Å². The summed E-state index contributed by atoms with van der Waals surface area (Å²) in [5.41, 5.74) is 3.42. The van der Waals surface area contributed by atoms with Gasteiger partial charge >= 0.3 is 0 Å². The summed E-state index contributed by atoms with van der Waals surface area (Å²) in [7, 11) is 1.60. The summed E-state index contributed by atoms with van der Waals surface area (Å²) in [5, 5.41) is 1.03. The van der Waals surface area contributed by atoms with Crippen molar-refractivity contribution in [2.45, 2.75) is 0 Å². The van der Waals surface area contributed by atoms with E-state index in [9.17, 15) is 9.18 Å². The topological polar surface area (TPSA) is 45.7 Å². The number of ether oxygens (including phenoxy) is 1. The number of benzene rings is 3. The van der Waals surface area contributed by atoms with E-state index in [-0.39, 0.29) is 11.7 Å². The number of anilines is 1. The molecule has 0 saturated carbocycles. The van der Waals surface area contributed by atoms with Gasteiger partial charge in [0.1, 0.15) is 17.4 Å². The lowest BCUT2D eigenvalue weighted by molar-refractivity contribution is 0.0746. The van der Waals surface area contributed by atoms with Gasteiger partial charge in [-0.3, -0.25) is 4.79 Å². The average molecular weight is 442 g/mol. The number of fused-ring (bicyclic) bond motifs is 1. The normalized spacial score (nSPS) is 13.9. The van der Waals surface area contributed by atoms with Crippen LogP contribution in [0, 0.1) is 5.82 Å². The Balaban J connectivity index is 1.36. The van der Waals surface area contributed by atoms with Gasteiger partial charge < -0.3 is 14.5 Å². The molecule has 1 amide bonds. The third kappa shape index (κ3) is 4.24. The first-order chi connectivity index (χ1) is 16.1. The first kappa shape index (κ1) is 20.9. The van der Waals surface area contributed by atoms with Crippen LogP contribution in [-0.4, -0.2) is 49.1 Å². The molecule has 0 atom stereocenters. The van der Waals surface area contributed by atoms with Gasteiger partial charge in [0, 0.05) is 42.7 Å². The van der Waals surface area contributed by atoms with Crippen LogP contribution in [0.1, 0.15) is 10.4 Å². The van der Waals surface area contributed by atoms with E-state index >= 15 is 0 Å². The summed E-state index contributed by atoms with van der Waals surface area (Å²) >= 11 is 0. The highest BCUT2D eigenvalue weighted by atomic mass is 19.1. The van der Waals surface area contributed by atoms with E-state index in [1.54, 1.807) is 25.3 Å². The Morgan fingerprint density at radius 2 is 1.67 bits per heavy atom. The van der Waals surface area contributed by atoms with Gasteiger partial charge in [0.15, 0.2) is 0 Å². The van der Waals surface area contributed by atoms with Crippen LogP contribution in [-0.2, 0) is 0 Å². The number of carbonyl (C=O) groups excluding carboxylic acids is 1. The monoisotopic (exact) mass is 441 g/mol. The molecule has 6 heteroatoms. The number of piperazine rings is 1. The molecule has 3 aromatic carbocycles. The lowest BCUT2D eigenvalue weighted by Gasteiger charge is -2.35. The molecule has 1 aliphatic heterocycles. The van der Waals surface area contributed by atoms with Crippen molar-refractivity contribution in [3.8, 4) is 16.9 Å². The zero-order chi connectivity index (χ0) is 22.8. The average Bonchev–Trinajstić information content (AvgIpc) is 2.88. The molecular formula is C27H24FN3O2. The van der Waals surface area contributed by atoms with Gasteiger partial charge in [-0.1, -0.05) is 36.4 Å². The van der Waals surface area contributed by atoms with E-state index in [0.29, 0.717) is 37.5 Å². The summed E-state index contributed by atoms with van der Waals surface area (Å²) in [6.07, 6.45) is 0. The molecule has 1 saturated heterocycles. The Morgan fingerprint density at radius 3 is 2.42 bits per heavy atom. The number of amides is 1. The van der Waals surface area contributed by atoms with Crippen molar-refractivity contribution >= 4 is 22.6 Å². The highest BCUT2D eigenvalue weighted by molar-refractivity contribution is 5.95. The van der Waals surface area contributed by atoms with E-state index < -0.39 is 0 Å². The SMILES string of the molecule is COc1cccc(C(=O)N2CCN(c3ccc4cccc(-c5ccc(F)cc5)c4n3)CC2)c1. The van der Waals surface area contributed by atoms with Crippen LogP contribution in [0.2, 0.25) is 0 Å². The largest absolute Gasteiger partial charge is 0.497 e. The highest BCUT2D eigenvalue weighted by Gasteiger charge is 2.23. The van der Waals surface area contributed by atoms with Crippen LogP contribution < -0.4 is 9.64 Å². The quantitative estimate of drug-likeness (QED) is 0.447. The number of hydrogen-bond donors (Lipinski definition) is 0. The standard InChI is InChI=1S/C27H24FN3O2/c1-33-23-6-2-5-21(18-23)27(32)31-16-14-30(15-17-31)25-13-10-20-4-3-7-24(26(20)29-25)19-8-11-22(28)12-9-19/h2-13,18H,14-17H2,1H3. The molecule has 5 rings (SSSR count). The maximum atomic E-state index is 13.4. The van der Waals surface area contributed by atoms with Gasteiger partial charge in [-0.15, -0.1) is 0 Å². The number of halogens is 1. The maximum Gasteiger partial charge on any atom is 0.254 e. The Kier molecular flexibility index (Phi) is 5.65. The van der Waals surface area contributed by atoms with E-state index in [1.165, 1.54) is 12.1 Å². The van der Waals surface area contributed by atoms with Crippen LogP contribution in [0.5, 0.6) is 5.75 Å².